The normalized spacial score (nSPS) is 11.9. The molecular formula is C53H32N2O2. The number of nitrogens with zero attached hydrogens (tertiary/aromatic N) is 2. The first-order valence-corrected chi connectivity index (χ1v) is 19.3. The lowest BCUT2D eigenvalue weighted by Crippen LogP contribution is -1.93. The van der Waals surface area contributed by atoms with Crippen molar-refractivity contribution in [2.75, 3.05) is 0 Å². The highest BCUT2D eigenvalue weighted by atomic mass is 16.3. The Labute approximate surface area is 327 Å². The molecule has 12 aromatic rings. The van der Waals surface area contributed by atoms with E-state index in [0.29, 0.717) is 0 Å². The van der Waals surface area contributed by atoms with Gasteiger partial charge in [-0.2, -0.15) is 0 Å². The molecule has 0 aliphatic rings. The van der Waals surface area contributed by atoms with Crippen molar-refractivity contribution < 1.29 is 8.83 Å². The Hall–Kier alpha value is -7.69. The molecule has 0 fully saturated rings. The molecule has 8 aromatic carbocycles. The molecule has 0 spiro atoms. The highest BCUT2D eigenvalue weighted by molar-refractivity contribution is 6.14. The van der Waals surface area contributed by atoms with Gasteiger partial charge in [0.1, 0.15) is 22.3 Å². The number of pyridine rings is 1. The van der Waals surface area contributed by atoms with Crippen LogP contribution in [0, 0.1) is 0 Å². The Bertz CT molecular complexity index is 3520. The van der Waals surface area contributed by atoms with Crippen LogP contribution in [0.5, 0.6) is 0 Å². The Morgan fingerprint density at radius 2 is 0.947 bits per heavy atom. The van der Waals surface area contributed by atoms with Crippen LogP contribution in [0.4, 0.5) is 0 Å². The van der Waals surface area contributed by atoms with E-state index in [1.807, 2.05) is 18.2 Å². The smallest absolute Gasteiger partial charge is 0.136 e. The quantitative estimate of drug-likeness (QED) is 0.177. The van der Waals surface area contributed by atoms with Gasteiger partial charge in [0.25, 0.3) is 0 Å². The number of hydrogen-bond acceptors (Lipinski definition) is 3. The van der Waals surface area contributed by atoms with Gasteiger partial charge in [-0.15, -0.1) is 0 Å². The molecule has 0 saturated carbocycles. The Kier molecular flexibility index (Phi) is 6.89. The zero-order valence-corrected chi connectivity index (χ0v) is 30.7. The number of fused-ring (bicyclic) bond motifs is 9. The summed E-state index contributed by atoms with van der Waals surface area (Å²) < 4.78 is 15.3. The number of furan rings is 2. The molecule has 4 heterocycles. The minimum absolute atomic E-state index is 0.847. The van der Waals surface area contributed by atoms with E-state index in [0.717, 1.165) is 94.3 Å². The third-order valence-corrected chi connectivity index (χ3v) is 11.4. The second-order valence-corrected chi connectivity index (χ2v) is 14.7. The summed E-state index contributed by atoms with van der Waals surface area (Å²) in [6.07, 6.45) is 0. The van der Waals surface area contributed by atoms with Gasteiger partial charge in [-0.25, -0.2) is 4.98 Å². The average molecular weight is 729 g/mol. The third-order valence-electron chi connectivity index (χ3n) is 11.4. The Morgan fingerprint density at radius 3 is 1.82 bits per heavy atom. The highest BCUT2D eigenvalue weighted by Crippen LogP contribution is 2.42. The Balaban J connectivity index is 1.04. The fourth-order valence-electron chi connectivity index (χ4n) is 8.73. The Morgan fingerprint density at radius 1 is 0.333 bits per heavy atom. The van der Waals surface area contributed by atoms with E-state index in [1.165, 1.54) is 21.8 Å². The molecule has 0 amide bonds. The lowest BCUT2D eigenvalue weighted by Gasteiger charge is -2.11. The van der Waals surface area contributed by atoms with E-state index >= 15 is 0 Å². The molecule has 0 N–H and O–H groups in total. The van der Waals surface area contributed by atoms with Crippen molar-refractivity contribution in [2.45, 2.75) is 0 Å². The van der Waals surface area contributed by atoms with Gasteiger partial charge in [0.2, 0.25) is 0 Å². The van der Waals surface area contributed by atoms with Gasteiger partial charge in [-0.1, -0.05) is 121 Å². The second kappa shape index (κ2) is 12.4. The van der Waals surface area contributed by atoms with Crippen molar-refractivity contribution in [1.29, 1.82) is 0 Å². The van der Waals surface area contributed by atoms with Crippen LogP contribution in [0.1, 0.15) is 0 Å². The number of aromatic nitrogens is 2. The number of rotatable bonds is 5. The van der Waals surface area contributed by atoms with Crippen LogP contribution in [-0.2, 0) is 0 Å². The molecule has 0 atom stereocenters. The fraction of sp³-hybridized carbons (Fsp3) is 0. The van der Waals surface area contributed by atoms with Gasteiger partial charge in [0.05, 0.1) is 22.4 Å². The fourth-order valence-corrected chi connectivity index (χ4v) is 8.73. The first kappa shape index (κ1) is 31.6. The van der Waals surface area contributed by atoms with Crippen molar-refractivity contribution >= 4 is 65.7 Å². The summed E-state index contributed by atoms with van der Waals surface area (Å²) in [5.74, 6) is 0. The van der Waals surface area contributed by atoms with Crippen LogP contribution in [0.15, 0.2) is 203 Å². The van der Waals surface area contributed by atoms with E-state index < -0.39 is 0 Å². The van der Waals surface area contributed by atoms with Crippen LogP contribution in [0.2, 0.25) is 0 Å². The summed E-state index contributed by atoms with van der Waals surface area (Å²) >= 11 is 0. The lowest BCUT2D eigenvalue weighted by molar-refractivity contribution is 0.668. The summed E-state index contributed by atoms with van der Waals surface area (Å²) in [7, 11) is 0. The molecule has 0 saturated heterocycles. The van der Waals surface area contributed by atoms with E-state index in [1.54, 1.807) is 0 Å². The van der Waals surface area contributed by atoms with Gasteiger partial charge in [0, 0.05) is 49.1 Å². The van der Waals surface area contributed by atoms with Crippen LogP contribution in [0.3, 0.4) is 0 Å². The molecule has 4 heteroatoms. The molecular weight excluding hydrogens is 697 g/mol. The van der Waals surface area contributed by atoms with Gasteiger partial charge in [-0.05, 0) is 95.1 Å². The first-order chi connectivity index (χ1) is 28.2. The first-order valence-electron chi connectivity index (χ1n) is 19.3. The van der Waals surface area contributed by atoms with Crippen molar-refractivity contribution in [3.63, 3.8) is 0 Å². The monoisotopic (exact) mass is 728 g/mol. The molecule has 0 unspecified atom stereocenters. The standard InChI is InChI=1S/C53H32N2O2/c1-3-12-33(13-4-1)45-29-37(30-46(54-45)36-23-26-43-42-17-8-10-20-49(42)57-52(43)32-36)39-18-11-21-51-53(39)44-28-34(24-27-50(44)56-51)35-22-25-41-40-16-7-9-19-47(40)55(48(41)31-35)38-14-5-2-6-15-38/h1-32H. The molecule has 0 radical (unpaired) electrons. The van der Waals surface area contributed by atoms with E-state index in [9.17, 15) is 0 Å². The number of benzene rings is 8. The summed E-state index contributed by atoms with van der Waals surface area (Å²) in [5, 5.41) is 6.84. The summed E-state index contributed by atoms with van der Waals surface area (Å²) in [6, 6.07) is 68.4. The average Bonchev–Trinajstić information content (AvgIpc) is 3.95. The molecule has 0 aliphatic heterocycles. The largest absolute Gasteiger partial charge is 0.456 e. The van der Waals surface area contributed by atoms with Gasteiger partial charge in [0.15, 0.2) is 0 Å². The van der Waals surface area contributed by atoms with Gasteiger partial charge in [-0.3, -0.25) is 0 Å². The summed E-state index contributed by atoms with van der Waals surface area (Å²) in [5.41, 5.74) is 15.2. The maximum Gasteiger partial charge on any atom is 0.136 e. The second-order valence-electron chi connectivity index (χ2n) is 14.7. The summed E-state index contributed by atoms with van der Waals surface area (Å²) in [6.45, 7) is 0. The maximum absolute atomic E-state index is 6.57. The molecule has 57 heavy (non-hydrogen) atoms. The SMILES string of the molecule is c1ccc(-c2cc(-c3cccc4oc5ccc(-c6ccc7c8ccccc8n(-c8ccccc8)c7c6)cc5c34)cc(-c3ccc4c(c3)oc3ccccc34)n2)cc1. The lowest BCUT2D eigenvalue weighted by atomic mass is 9.95. The van der Waals surface area contributed by atoms with Crippen molar-refractivity contribution in [3.8, 4) is 50.5 Å². The topological polar surface area (TPSA) is 44.1 Å². The molecule has 0 aliphatic carbocycles. The van der Waals surface area contributed by atoms with Crippen LogP contribution >= 0.6 is 0 Å². The van der Waals surface area contributed by atoms with Crippen LogP contribution in [0.25, 0.3) is 116 Å². The minimum atomic E-state index is 0.847. The zero-order valence-electron chi connectivity index (χ0n) is 30.7. The summed E-state index contributed by atoms with van der Waals surface area (Å²) in [4.78, 5) is 5.25. The van der Waals surface area contributed by atoms with Crippen LogP contribution < -0.4 is 0 Å². The molecule has 266 valence electrons. The highest BCUT2D eigenvalue weighted by Gasteiger charge is 2.18. The predicted octanol–water partition coefficient (Wildman–Crippen LogP) is 14.6. The molecule has 4 aromatic heterocycles. The van der Waals surface area contributed by atoms with E-state index in [-0.39, 0.29) is 0 Å². The van der Waals surface area contributed by atoms with E-state index in [4.69, 9.17) is 13.8 Å². The van der Waals surface area contributed by atoms with Gasteiger partial charge < -0.3 is 13.4 Å². The minimum Gasteiger partial charge on any atom is -0.456 e. The predicted molar refractivity (Wildman–Crippen MR) is 235 cm³/mol. The number of hydrogen-bond donors (Lipinski definition) is 0. The maximum atomic E-state index is 6.57. The molecule has 0 bridgehead atoms. The van der Waals surface area contributed by atoms with Crippen molar-refractivity contribution in [2.24, 2.45) is 0 Å². The third kappa shape index (κ3) is 5.04. The molecule has 12 rings (SSSR count). The van der Waals surface area contributed by atoms with Crippen LogP contribution in [-0.4, -0.2) is 9.55 Å². The van der Waals surface area contributed by atoms with Crippen molar-refractivity contribution in [3.05, 3.63) is 194 Å². The number of para-hydroxylation sites is 3. The van der Waals surface area contributed by atoms with Gasteiger partial charge >= 0.3 is 0 Å². The van der Waals surface area contributed by atoms with E-state index in [2.05, 4.69) is 180 Å². The zero-order chi connectivity index (χ0) is 37.5. The molecule has 4 nitrogen and oxygen atoms in total. The van der Waals surface area contributed by atoms with Crippen molar-refractivity contribution in [1.82, 2.24) is 9.55 Å².